The number of likely N-dealkylation sites (N-methyl/N-ethyl adjacent to an activating group) is 1. The Hall–Kier alpha value is -2.81. The van der Waals surface area contributed by atoms with Crippen LogP contribution < -0.4 is 13.8 Å². The van der Waals surface area contributed by atoms with Gasteiger partial charge in [0, 0.05) is 19.2 Å². The minimum absolute atomic E-state index is 0.0564. The largest absolute Gasteiger partial charge is 0.486 e. The van der Waals surface area contributed by atoms with Gasteiger partial charge in [-0.1, -0.05) is 25.3 Å². The summed E-state index contributed by atoms with van der Waals surface area (Å²) >= 11 is 0. The van der Waals surface area contributed by atoms with E-state index >= 15 is 0 Å². The average Bonchev–Trinajstić information content (AvgIpc) is 2.82. The Morgan fingerprint density at radius 1 is 1.03 bits per heavy atom. The van der Waals surface area contributed by atoms with Crippen LogP contribution >= 0.6 is 0 Å². The number of fused-ring (bicyclic) bond motifs is 1. The van der Waals surface area contributed by atoms with Crippen molar-refractivity contribution in [2.75, 3.05) is 31.1 Å². The van der Waals surface area contributed by atoms with Gasteiger partial charge in [0.25, 0.3) is 10.0 Å². The number of anilines is 1. The highest BCUT2D eigenvalue weighted by Gasteiger charge is 2.31. The minimum Gasteiger partial charge on any atom is -0.486 e. The van der Waals surface area contributed by atoms with Gasteiger partial charge in [-0.3, -0.25) is 9.10 Å². The summed E-state index contributed by atoms with van der Waals surface area (Å²) in [5, 5.41) is 0. The Kier molecular flexibility index (Phi) is 6.55. The van der Waals surface area contributed by atoms with Gasteiger partial charge in [-0.15, -0.1) is 0 Å². The molecule has 1 aliphatic heterocycles. The lowest BCUT2D eigenvalue weighted by Crippen LogP contribution is -2.46. The van der Waals surface area contributed by atoms with Crippen LogP contribution in [-0.4, -0.2) is 52.1 Å². The molecule has 0 radical (unpaired) electrons. The van der Waals surface area contributed by atoms with E-state index in [1.807, 2.05) is 0 Å². The van der Waals surface area contributed by atoms with Crippen LogP contribution in [0, 0.1) is 5.82 Å². The van der Waals surface area contributed by atoms with E-state index in [0.29, 0.717) is 24.7 Å². The van der Waals surface area contributed by atoms with Gasteiger partial charge in [-0.25, -0.2) is 12.8 Å². The first kappa shape index (κ1) is 22.4. The molecule has 0 N–H and O–H groups in total. The van der Waals surface area contributed by atoms with E-state index < -0.39 is 22.4 Å². The second-order valence-electron chi connectivity index (χ2n) is 8.09. The Morgan fingerprint density at radius 3 is 2.47 bits per heavy atom. The van der Waals surface area contributed by atoms with Crippen molar-refractivity contribution in [2.24, 2.45) is 0 Å². The summed E-state index contributed by atoms with van der Waals surface area (Å²) in [4.78, 5) is 14.7. The number of carbonyl (C=O) groups is 1. The van der Waals surface area contributed by atoms with E-state index in [0.717, 1.165) is 42.5 Å². The van der Waals surface area contributed by atoms with Crippen molar-refractivity contribution in [2.45, 2.75) is 43.0 Å². The molecular formula is C23H27FN2O5S. The van der Waals surface area contributed by atoms with E-state index in [1.54, 1.807) is 11.9 Å². The monoisotopic (exact) mass is 462 g/mol. The number of carbonyl (C=O) groups excluding carboxylic acids is 1. The Bertz CT molecular complexity index is 1090. The maximum Gasteiger partial charge on any atom is 0.264 e. The topological polar surface area (TPSA) is 76.2 Å². The lowest BCUT2D eigenvalue weighted by Gasteiger charge is -2.33. The molecule has 0 saturated heterocycles. The fourth-order valence-electron chi connectivity index (χ4n) is 4.16. The van der Waals surface area contributed by atoms with Gasteiger partial charge in [-0.05, 0) is 43.2 Å². The number of ether oxygens (including phenoxy) is 2. The average molecular weight is 463 g/mol. The smallest absolute Gasteiger partial charge is 0.264 e. The van der Waals surface area contributed by atoms with Crippen molar-refractivity contribution in [3.63, 3.8) is 0 Å². The minimum atomic E-state index is -4.18. The SMILES string of the molecule is CN(C(=O)CN(c1cccc(F)c1)S(=O)(=O)c1ccc2c(c1)OCCO2)C1CCCCC1. The third-order valence-corrected chi connectivity index (χ3v) is 7.76. The first-order chi connectivity index (χ1) is 15.4. The quantitative estimate of drug-likeness (QED) is 0.656. The molecule has 1 heterocycles. The van der Waals surface area contributed by atoms with Gasteiger partial charge in [0.15, 0.2) is 11.5 Å². The first-order valence-electron chi connectivity index (χ1n) is 10.8. The maximum absolute atomic E-state index is 14.0. The Balaban J connectivity index is 1.66. The van der Waals surface area contributed by atoms with Crippen LogP contribution in [0.1, 0.15) is 32.1 Å². The van der Waals surface area contributed by atoms with Crippen LogP contribution in [0.2, 0.25) is 0 Å². The zero-order valence-electron chi connectivity index (χ0n) is 18.0. The van der Waals surface area contributed by atoms with Crippen molar-refractivity contribution >= 4 is 21.6 Å². The molecule has 172 valence electrons. The summed E-state index contributed by atoms with van der Waals surface area (Å²) in [6.45, 7) is 0.276. The third-order valence-electron chi connectivity index (χ3n) is 5.99. The molecule has 32 heavy (non-hydrogen) atoms. The molecule has 1 saturated carbocycles. The fraction of sp³-hybridized carbons (Fsp3) is 0.435. The number of hydrogen-bond donors (Lipinski definition) is 0. The van der Waals surface area contributed by atoms with Crippen LogP contribution in [0.15, 0.2) is 47.4 Å². The lowest BCUT2D eigenvalue weighted by atomic mass is 9.94. The predicted octanol–water partition coefficient (Wildman–Crippen LogP) is 3.58. The van der Waals surface area contributed by atoms with Crippen LogP contribution in [0.4, 0.5) is 10.1 Å². The molecule has 0 spiro atoms. The molecule has 0 aromatic heterocycles. The predicted molar refractivity (Wildman–Crippen MR) is 118 cm³/mol. The second-order valence-corrected chi connectivity index (χ2v) is 9.96. The van der Waals surface area contributed by atoms with Gasteiger partial charge in [0.1, 0.15) is 25.6 Å². The van der Waals surface area contributed by atoms with Crippen LogP contribution in [-0.2, 0) is 14.8 Å². The van der Waals surface area contributed by atoms with E-state index in [9.17, 15) is 17.6 Å². The van der Waals surface area contributed by atoms with Crippen molar-refractivity contribution in [1.82, 2.24) is 4.90 Å². The molecule has 1 aliphatic carbocycles. The molecule has 0 bridgehead atoms. The Morgan fingerprint density at radius 2 is 1.75 bits per heavy atom. The van der Waals surface area contributed by atoms with Crippen LogP contribution in [0.3, 0.4) is 0 Å². The van der Waals surface area contributed by atoms with Crippen LogP contribution in [0.5, 0.6) is 11.5 Å². The number of amides is 1. The summed E-state index contributed by atoms with van der Waals surface area (Å²) in [6, 6.07) is 9.65. The second kappa shape index (κ2) is 9.36. The molecule has 0 unspecified atom stereocenters. The van der Waals surface area contributed by atoms with Crippen LogP contribution in [0.25, 0.3) is 0 Å². The summed E-state index contributed by atoms with van der Waals surface area (Å²) in [5.74, 6) is -0.136. The summed E-state index contributed by atoms with van der Waals surface area (Å²) in [7, 11) is -2.47. The van der Waals surface area contributed by atoms with Crippen molar-refractivity contribution in [1.29, 1.82) is 0 Å². The number of nitrogens with zero attached hydrogens (tertiary/aromatic N) is 2. The molecule has 1 amide bonds. The summed E-state index contributed by atoms with van der Waals surface area (Å²) in [5.41, 5.74) is 0.0882. The number of halogens is 1. The number of hydrogen-bond acceptors (Lipinski definition) is 5. The van der Waals surface area contributed by atoms with Crippen molar-refractivity contribution in [3.8, 4) is 11.5 Å². The molecular weight excluding hydrogens is 435 g/mol. The first-order valence-corrected chi connectivity index (χ1v) is 12.2. The van der Waals surface area contributed by atoms with Gasteiger partial charge in [0.05, 0.1) is 10.6 Å². The molecule has 0 atom stereocenters. The van der Waals surface area contributed by atoms with E-state index in [4.69, 9.17) is 9.47 Å². The number of rotatable bonds is 6. The molecule has 9 heteroatoms. The molecule has 2 aromatic carbocycles. The highest BCUT2D eigenvalue weighted by atomic mass is 32.2. The summed E-state index contributed by atoms with van der Waals surface area (Å²) in [6.07, 6.45) is 5.04. The zero-order chi connectivity index (χ0) is 22.7. The normalized spacial score (nSPS) is 16.4. The number of sulfonamides is 1. The molecule has 1 fully saturated rings. The van der Waals surface area contributed by atoms with E-state index in [-0.39, 0.29) is 22.5 Å². The van der Waals surface area contributed by atoms with Gasteiger partial charge in [0.2, 0.25) is 5.91 Å². The summed E-state index contributed by atoms with van der Waals surface area (Å²) < 4.78 is 53.1. The van der Waals surface area contributed by atoms with Gasteiger partial charge >= 0.3 is 0 Å². The molecule has 7 nitrogen and oxygen atoms in total. The zero-order valence-corrected chi connectivity index (χ0v) is 18.8. The lowest BCUT2D eigenvalue weighted by molar-refractivity contribution is -0.130. The van der Waals surface area contributed by atoms with Crippen molar-refractivity contribution < 1.29 is 27.1 Å². The van der Waals surface area contributed by atoms with Gasteiger partial charge in [-0.2, -0.15) is 0 Å². The molecule has 2 aromatic rings. The number of benzene rings is 2. The highest BCUT2D eigenvalue weighted by Crippen LogP contribution is 2.34. The highest BCUT2D eigenvalue weighted by molar-refractivity contribution is 7.92. The maximum atomic E-state index is 14.0. The third kappa shape index (κ3) is 4.67. The molecule has 4 rings (SSSR count). The van der Waals surface area contributed by atoms with Gasteiger partial charge < -0.3 is 14.4 Å². The van der Waals surface area contributed by atoms with Crippen molar-refractivity contribution in [3.05, 3.63) is 48.3 Å². The standard InChI is InChI=1S/C23H27FN2O5S/c1-25(18-7-3-2-4-8-18)23(27)16-26(19-9-5-6-17(24)14-19)32(28,29)20-10-11-21-22(15-20)31-13-12-30-21/h5-6,9-11,14-15,18H,2-4,7-8,12-13,16H2,1H3. The van der Waals surface area contributed by atoms with E-state index in [2.05, 4.69) is 0 Å². The Labute approximate surface area is 187 Å². The fourth-order valence-corrected chi connectivity index (χ4v) is 5.59. The van der Waals surface area contributed by atoms with E-state index in [1.165, 1.54) is 36.4 Å². The molecule has 2 aliphatic rings.